The Morgan fingerprint density at radius 3 is 2.26 bits per heavy atom. The lowest BCUT2D eigenvalue weighted by Gasteiger charge is -2.29. The number of hydrogen-bond donors (Lipinski definition) is 1. The summed E-state index contributed by atoms with van der Waals surface area (Å²) in [4.78, 5) is 27.4. The highest BCUT2D eigenvalue weighted by molar-refractivity contribution is 7.99. The monoisotopic (exact) mass is 500 g/mol. The fraction of sp³-hybridized carbons (Fsp3) is 0.391. The Kier molecular flexibility index (Phi) is 10.5. The molecule has 0 radical (unpaired) electrons. The van der Waals surface area contributed by atoms with Crippen LogP contribution in [-0.2, 0) is 21.9 Å². The summed E-state index contributed by atoms with van der Waals surface area (Å²) in [5.41, 5.74) is 1.90. The Bertz CT molecular complexity index is 893. The SMILES string of the molecule is CC[C@H](C)NC(=O)[C@H](C)N(Cc1ccc(Cl)c(Cl)c1)C(=O)CSCc1ccc(Cl)cc1. The van der Waals surface area contributed by atoms with Gasteiger partial charge >= 0.3 is 0 Å². The zero-order valence-corrected chi connectivity index (χ0v) is 20.9. The van der Waals surface area contributed by atoms with Crippen molar-refractivity contribution in [2.24, 2.45) is 0 Å². The summed E-state index contributed by atoms with van der Waals surface area (Å²) >= 11 is 19.6. The summed E-state index contributed by atoms with van der Waals surface area (Å²) in [6.07, 6.45) is 0.816. The van der Waals surface area contributed by atoms with E-state index in [1.807, 2.05) is 44.2 Å². The van der Waals surface area contributed by atoms with E-state index in [1.165, 1.54) is 11.8 Å². The Morgan fingerprint density at radius 2 is 1.65 bits per heavy atom. The van der Waals surface area contributed by atoms with E-state index in [4.69, 9.17) is 34.8 Å². The van der Waals surface area contributed by atoms with Crippen molar-refractivity contribution in [2.45, 2.75) is 51.6 Å². The van der Waals surface area contributed by atoms with Gasteiger partial charge in [0, 0.05) is 23.4 Å². The molecule has 2 aromatic rings. The van der Waals surface area contributed by atoms with Gasteiger partial charge in [-0.05, 0) is 55.7 Å². The highest BCUT2D eigenvalue weighted by Crippen LogP contribution is 2.24. The summed E-state index contributed by atoms with van der Waals surface area (Å²) in [5.74, 6) is 0.643. The minimum Gasteiger partial charge on any atom is -0.352 e. The molecule has 4 nitrogen and oxygen atoms in total. The Hall–Kier alpha value is -1.40. The van der Waals surface area contributed by atoms with E-state index >= 15 is 0 Å². The minimum absolute atomic E-state index is 0.0381. The van der Waals surface area contributed by atoms with Crippen LogP contribution >= 0.6 is 46.6 Å². The van der Waals surface area contributed by atoms with Crippen molar-refractivity contribution < 1.29 is 9.59 Å². The first-order valence-corrected chi connectivity index (χ1v) is 12.4. The number of hydrogen-bond acceptors (Lipinski definition) is 3. The van der Waals surface area contributed by atoms with E-state index in [1.54, 1.807) is 24.0 Å². The van der Waals surface area contributed by atoms with E-state index in [9.17, 15) is 9.59 Å². The van der Waals surface area contributed by atoms with E-state index in [0.717, 1.165) is 17.5 Å². The highest BCUT2D eigenvalue weighted by Gasteiger charge is 2.26. The van der Waals surface area contributed by atoms with Crippen LogP contribution in [0.2, 0.25) is 15.1 Å². The molecule has 0 bridgehead atoms. The fourth-order valence-electron chi connectivity index (χ4n) is 2.80. The van der Waals surface area contributed by atoms with Crippen LogP contribution in [0.5, 0.6) is 0 Å². The normalized spacial score (nSPS) is 12.8. The predicted octanol–water partition coefficient (Wildman–Crippen LogP) is 6.21. The quantitative estimate of drug-likeness (QED) is 0.421. The second kappa shape index (κ2) is 12.6. The van der Waals surface area contributed by atoms with Gasteiger partial charge in [-0.3, -0.25) is 9.59 Å². The lowest BCUT2D eigenvalue weighted by Crippen LogP contribution is -2.50. The molecule has 2 aromatic carbocycles. The van der Waals surface area contributed by atoms with Gasteiger partial charge in [-0.15, -0.1) is 11.8 Å². The maximum atomic E-state index is 13.1. The molecule has 168 valence electrons. The van der Waals surface area contributed by atoms with E-state index in [2.05, 4.69) is 5.32 Å². The van der Waals surface area contributed by atoms with Crippen molar-refractivity contribution in [1.82, 2.24) is 10.2 Å². The molecule has 31 heavy (non-hydrogen) atoms. The van der Waals surface area contributed by atoms with E-state index in [0.29, 0.717) is 20.8 Å². The largest absolute Gasteiger partial charge is 0.352 e. The molecule has 0 fully saturated rings. The number of nitrogens with zero attached hydrogens (tertiary/aromatic N) is 1. The van der Waals surface area contributed by atoms with Gasteiger partial charge in [-0.25, -0.2) is 0 Å². The average Bonchev–Trinajstić information content (AvgIpc) is 2.75. The molecule has 0 unspecified atom stereocenters. The van der Waals surface area contributed by atoms with Gasteiger partial charge in [0.25, 0.3) is 0 Å². The molecule has 0 aliphatic heterocycles. The summed E-state index contributed by atoms with van der Waals surface area (Å²) in [6.45, 7) is 5.96. The molecule has 1 N–H and O–H groups in total. The van der Waals surface area contributed by atoms with E-state index in [-0.39, 0.29) is 30.2 Å². The number of carbonyl (C=O) groups is 2. The number of halogens is 3. The summed E-state index contributed by atoms with van der Waals surface area (Å²) < 4.78 is 0. The topological polar surface area (TPSA) is 49.4 Å². The van der Waals surface area contributed by atoms with Crippen molar-refractivity contribution >= 4 is 58.4 Å². The van der Waals surface area contributed by atoms with Gasteiger partial charge in [-0.2, -0.15) is 0 Å². The summed E-state index contributed by atoms with van der Waals surface area (Å²) in [7, 11) is 0. The zero-order valence-electron chi connectivity index (χ0n) is 17.8. The molecule has 0 heterocycles. The third-order valence-corrected chi connectivity index (χ3v) is 6.89. The van der Waals surface area contributed by atoms with Gasteiger partial charge in [0.1, 0.15) is 6.04 Å². The number of amides is 2. The number of benzene rings is 2. The number of carbonyl (C=O) groups excluding carboxylic acids is 2. The van der Waals surface area contributed by atoms with E-state index < -0.39 is 6.04 Å². The molecule has 0 saturated carbocycles. The molecular formula is C23H27Cl3N2O2S. The van der Waals surface area contributed by atoms with Gasteiger partial charge < -0.3 is 10.2 Å². The van der Waals surface area contributed by atoms with Crippen LogP contribution in [0.3, 0.4) is 0 Å². The second-order valence-corrected chi connectivity index (χ2v) is 9.62. The molecular weight excluding hydrogens is 475 g/mol. The van der Waals surface area contributed by atoms with Crippen molar-refractivity contribution in [1.29, 1.82) is 0 Å². The van der Waals surface area contributed by atoms with Crippen LogP contribution in [0, 0.1) is 0 Å². The molecule has 0 aliphatic carbocycles. The molecule has 0 aromatic heterocycles. The molecule has 0 aliphatic rings. The lowest BCUT2D eigenvalue weighted by molar-refractivity contribution is -0.138. The smallest absolute Gasteiger partial charge is 0.242 e. The predicted molar refractivity (Wildman–Crippen MR) is 132 cm³/mol. The molecule has 2 rings (SSSR count). The number of thioether (sulfide) groups is 1. The first-order chi connectivity index (χ1) is 14.7. The minimum atomic E-state index is -0.618. The Balaban J connectivity index is 2.10. The summed E-state index contributed by atoms with van der Waals surface area (Å²) in [5, 5.41) is 4.50. The molecule has 8 heteroatoms. The molecule has 2 amide bonds. The Morgan fingerprint density at radius 1 is 1.00 bits per heavy atom. The maximum absolute atomic E-state index is 13.1. The van der Waals surface area contributed by atoms with Crippen molar-refractivity contribution in [3.8, 4) is 0 Å². The van der Waals surface area contributed by atoms with Crippen LogP contribution in [0.25, 0.3) is 0 Å². The first-order valence-electron chi connectivity index (χ1n) is 10.1. The van der Waals surface area contributed by atoms with Crippen LogP contribution in [-0.4, -0.2) is 34.6 Å². The third kappa shape index (κ3) is 8.23. The first kappa shape index (κ1) is 25.9. The molecule has 0 spiro atoms. The van der Waals surface area contributed by atoms with Crippen LogP contribution in [0.1, 0.15) is 38.3 Å². The zero-order chi connectivity index (χ0) is 23.0. The van der Waals surface area contributed by atoms with Crippen LogP contribution in [0.4, 0.5) is 0 Å². The Labute approximate surface area is 203 Å². The lowest BCUT2D eigenvalue weighted by atomic mass is 10.1. The molecule has 2 atom stereocenters. The van der Waals surface area contributed by atoms with Crippen molar-refractivity contribution in [3.05, 3.63) is 68.7 Å². The van der Waals surface area contributed by atoms with Gasteiger partial charge in [0.15, 0.2) is 0 Å². The summed E-state index contributed by atoms with van der Waals surface area (Å²) in [6, 6.07) is 12.2. The van der Waals surface area contributed by atoms with Crippen LogP contribution < -0.4 is 5.32 Å². The fourth-order valence-corrected chi connectivity index (χ4v) is 4.12. The average molecular weight is 502 g/mol. The number of rotatable bonds is 10. The van der Waals surface area contributed by atoms with Crippen LogP contribution in [0.15, 0.2) is 42.5 Å². The standard InChI is InChI=1S/C23H27Cl3N2O2S/c1-4-15(2)27-23(30)16(3)28(12-18-7-10-20(25)21(26)11-18)22(29)14-31-13-17-5-8-19(24)9-6-17/h5-11,15-16H,4,12-14H2,1-3H3,(H,27,30)/t15-,16-/m0/s1. The van der Waals surface area contributed by atoms with Gasteiger partial charge in [-0.1, -0.05) is 59.9 Å². The molecule has 0 saturated heterocycles. The van der Waals surface area contributed by atoms with Crippen molar-refractivity contribution in [3.63, 3.8) is 0 Å². The third-order valence-electron chi connectivity index (χ3n) is 4.91. The maximum Gasteiger partial charge on any atom is 0.242 e. The van der Waals surface area contributed by atoms with Crippen molar-refractivity contribution in [2.75, 3.05) is 5.75 Å². The van der Waals surface area contributed by atoms with Gasteiger partial charge in [0.2, 0.25) is 11.8 Å². The van der Waals surface area contributed by atoms with Gasteiger partial charge in [0.05, 0.1) is 15.8 Å². The second-order valence-electron chi connectivity index (χ2n) is 7.38. The highest BCUT2D eigenvalue weighted by atomic mass is 35.5. The number of nitrogens with one attached hydrogen (secondary N) is 1.